The zero-order valence-electron chi connectivity index (χ0n) is 10.5. The van der Waals surface area contributed by atoms with Crippen molar-refractivity contribution in [3.8, 4) is 0 Å². The number of aromatic nitrogens is 2. The second-order valence-corrected chi connectivity index (χ2v) is 7.58. The lowest BCUT2D eigenvalue weighted by atomic mass is 9.82. The molecule has 2 rings (SSSR count). The van der Waals surface area contributed by atoms with E-state index in [1.807, 2.05) is 0 Å². The third kappa shape index (κ3) is 3.71. The SMILES string of the molecule is CC1CCC(C(=O)Nc2nnc(S(N)(=O)=O)s2)CC1. The average Bonchev–Trinajstić information content (AvgIpc) is 2.78. The van der Waals surface area contributed by atoms with Crippen LogP contribution in [0.15, 0.2) is 4.34 Å². The lowest BCUT2D eigenvalue weighted by Crippen LogP contribution is -2.26. The monoisotopic (exact) mass is 304 g/mol. The molecule has 7 nitrogen and oxygen atoms in total. The van der Waals surface area contributed by atoms with Gasteiger partial charge in [-0.1, -0.05) is 18.3 Å². The Balaban J connectivity index is 1.97. The maximum atomic E-state index is 12.0. The van der Waals surface area contributed by atoms with Crippen LogP contribution in [-0.4, -0.2) is 24.5 Å². The molecule has 0 radical (unpaired) electrons. The molecular formula is C10H16N4O3S2. The van der Waals surface area contributed by atoms with Gasteiger partial charge in [0.25, 0.3) is 10.0 Å². The molecule has 1 aromatic rings. The Morgan fingerprint density at radius 3 is 2.47 bits per heavy atom. The highest BCUT2D eigenvalue weighted by atomic mass is 32.2. The molecule has 1 saturated carbocycles. The summed E-state index contributed by atoms with van der Waals surface area (Å²) in [6.07, 6.45) is 3.79. The number of hydrogen-bond donors (Lipinski definition) is 2. The van der Waals surface area contributed by atoms with Crippen LogP contribution in [0, 0.1) is 11.8 Å². The van der Waals surface area contributed by atoms with Crippen molar-refractivity contribution in [1.29, 1.82) is 0 Å². The molecule has 1 heterocycles. The highest BCUT2D eigenvalue weighted by Gasteiger charge is 2.25. The number of amides is 1. The number of carbonyl (C=O) groups is 1. The molecule has 3 N–H and O–H groups in total. The number of sulfonamides is 1. The summed E-state index contributed by atoms with van der Waals surface area (Å²) in [7, 11) is -3.86. The van der Waals surface area contributed by atoms with Gasteiger partial charge >= 0.3 is 0 Å². The largest absolute Gasteiger partial charge is 0.300 e. The van der Waals surface area contributed by atoms with Gasteiger partial charge in [-0.3, -0.25) is 4.79 Å². The average molecular weight is 304 g/mol. The van der Waals surface area contributed by atoms with Gasteiger partial charge in [-0.15, -0.1) is 10.2 Å². The van der Waals surface area contributed by atoms with Gasteiger partial charge in [0.05, 0.1) is 0 Å². The molecular weight excluding hydrogens is 288 g/mol. The van der Waals surface area contributed by atoms with Gasteiger partial charge in [0, 0.05) is 5.92 Å². The van der Waals surface area contributed by atoms with Gasteiger partial charge in [0.15, 0.2) is 0 Å². The molecule has 1 aliphatic carbocycles. The van der Waals surface area contributed by atoms with Crippen LogP contribution in [-0.2, 0) is 14.8 Å². The predicted octanol–water partition coefficient (Wildman–Crippen LogP) is 0.950. The molecule has 0 aromatic carbocycles. The first-order chi connectivity index (χ1) is 8.86. The zero-order valence-corrected chi connectivity index (χ0v) is 12.1. The topological polar surface area (TPSA) is 115 Å². The van der Waals surface area contributed by atoms with Crippen molar-refractivity contribution >= 4 is 32.4 Å². The Labute approximate surface area is 115 Å². The summed E-state index contributed by atoms with van der Waals surface area (Å²) in [6.45, 7) is 2.18. The maximum Gasteiger partial charge on any atom is 0.267 e. The molecule has 0 aliphatic heterocycles. The summed E-state index contributed by atoms with van der Waals surface area (Å²) in [6, 6.07) is 0. The van der Waals surface area contributed by atoms with Gasteiger partial charge in [0.2, 0.25) is 15.4 Å². The fraction of sp³-hybridized carbons (Fsp3) is 0.700. The van der Waals surface area contributed by atoms with Crippen molar-refractivity contribution in [3.05, 3.63) is 0 Å². The number of hydrogen-bond acceptors (Lipinski definition) is 6. The number of carbonyl (C=O) groups excluding carboxylic acids is 1. The van der Waals surface area contributed by atoms with E-state index in [0.717, 1.165) is 37.0 Å². The van der Waals surface area contributed by atoms with Crippen LogP contribution in [0.4, 0.5) is 5.13 Å². The van der Waals surface area contributed by atoms with E-state index in [1.165, 1.54) is 0 Å². The molecule has 1 amide bonds. The summed E-state index contributed by atoms with van der Waals surface area (Å²) < 4.78 is 21.8. The summed E-state index contributed by atoms with van der Waals surface area (Å²) in [5, 5.41) is 14.8. The number of nitrogens with zero attached hydrogens (tertiary/aromatic N) is 2. The van der Waals surface area contributed by atoms with Crippen molar-refractivity contribution in [3.63, 3.8) is 0 Å². The number of primary sulfonamides is 1. The smallest absolute Gasteiger partial charge is 0.267 e. The van der Waals surface area contributed by atoms with Crippen LogP contribution in [0.25, 0.3) is 0 Å². The van der Waals surface area contributed by atoms with Crippen LogP contribution in [0.1, 0.15) is 32.6 Å². The van der Waals surface area contributed by atoms with E-state index in [1.54, 1.807) is 0 Å². The van der Waals surface area contributed by atoms with E-state index in [4.69, 9.17) is 5.14 Å². The Bertz CT molecular complexity index is 561. The zero-order chi connectivity index (χ0) is 14.0. The first kappa shape index (κ1) is 14.4. The molecule has 1 aromatic heterocycles. The normalized spacial score (nSPS) is 24.1. The molecule has 0 saturated heterocycles. The van der Waals surface area contributed by atoms with Gasteiger partial charge in [-0.05, 0) is 31.6 Å². The Hall–Kier alpha value is -1.06. The van der Waals surface area contributed by atoms with Crippen LogP contribution >= 0.6 is 11.3 Å². The fourth-order valence-electron chi connectivity index (χ4n) is 2.10. The molecule has 0 unspecified atom stereocenters. The van der Waals surface area contributed by atoms with E-state index in [-0.39, 0.29) is 21.3 Å². The maximum absolute atomic E-state index is 12.0. The molecule has 106 valence electrons. The third-order valence-electron chi connectivity index (χ3n) is 3.27. The first-order valence-electron chi connectivity index (χ1n) is 6.03. The van der Waals surface area contributed by atoms with E-state index < -0.39 is 10.0 Å². The van der Waals surface area contributed by atoms with Gasteiger partial charge in [0.1, 0.15) is 0 Å². The molecule has 0 atom stereocenters. The van der Waals surface area contributed by atoms with Crippen LogP contribution in [0.5, 0.6) is 0 Å². The summed E-state index contributed by atoms with van der Waals surface area (Å²) in [4.78, 5) is 12.0. The lowest BCUT2D eigenvalue weighted by molar-refractivity contribution is -0.121. The van der Waals surface area contributed by atoms with Crippen LogP contribution < -0.4 is 10.5 Å². The van der Waals surface area contributed by atoms with Crippen molar-refractivity contribution in [1.82, 2.24) is 10.2 Å². The second kappa shape index (κ2) is 5.51. The summed E-state index contributed by atoms with van der Waals surface area (Å²) >= 11 is 0.766. The highest BCUT2D eigenvalue weighted by Crippen LogP contribution is 2.29. The molecule has 1 aliphatic rings. The number of anilines is 1. The molecule has 0 bridgehead atoms. The number of nitrogens with two attached hydrogens (primary N) is 1. The summed E-state index contributed by atoms with van der Waals surface area (Å²) in [5.74, 6) is 0.515. The Kier molecular flexibility index (Phi) is 4.16. The molecule has 0 spiro atoms. The minimum Gasteiger partial charge on any atom is -0.300 e. The summed E-state index contributed by atoms with van der Waals surface area (Å²) in [5.41, 5.74) is 0. The van der Waals surface area contributed by atoms with E-state index >= 15 is 0 Å². The number of nitrogens with one attached hydrogen (secondary N) is 1. The van der Waals surface area contributed by atoms with Crippen molar-refractivity contribution in [2.75, 3.05) is 5.32 Å². The fourth-order valence-corrected chi connectivity index (χ4v) is 3.44. The van der Waals surface area contributed by atoms with Gasteiger partial charge in [-0.2, -0.15) is 0 Å². The minimum absolute atomic E-state index is 0.0296. The quantitative estimate of drug-likeness (QED) is 0.807. The second-order valence-electron chi connectivity index (χ2n) is 4.86. The Morgan fingerprint density at radius 2 is 1.95 bits per heavy atom. The van der Waals surface area contributed by atoms with Crippen LogP contribution in [0.2, 0.25) is 0 Å². The molecule has 19 heavy (non-hydrogen) atoms. The highest BCUT2D eigenvalue weighted by molar-refractivity contribution is 7.91. The predicted molar refractivity (Wildman–Crippen MR) is 71.0 cm³/mol. The minimum atomic E-state index is -3.86. The standard InChI is InChI=1S/C10H16N4O3S2/c1-6-2-4-7(5-3-6)8(15)12-9-13-14-10(18-9)19(11,16)17/h6-7H,2-5H2,1H3,(H2,11,16,17)(H,12,13,15). The van der Waals surface area contributed by atoms with Crippen molar-refractivity contribution in [2.24, 2.45) is 17.0 Å². The van der Waals surface area contributed by atoms with E-state index in [9.17, 15) is 13.2 Å². The number of rotatable bonds is 3. The van der Waals surface area contributed by atoms with Crippen LogP contribution in [0.3, 0.4) is 0 Å². The molecule has 9 heteroatoms. The van der Waals surface area contributed by atoms with E-state index in [2.05, 4.69) is 22.4 Å². The Morgan fingerprint density at radius 1 is 1.32 bits per heavy atom. The van der Waals surface area contributed by atoms with Crippen molar-refractivity contribution in [2.45, 2.75) is 36.9 Å². The first-order valence-corrected chi connectivity index (χ1v) is 8.39. The van der Waals surface area contributed by atoms with Gasteiger partial charge < -0.3 is 5.32 Å². The lowest BCUT2D eigenvalue weighted by Gasteiger charge is -2.24. The molecule has 1 fully saturated rings. The van der Waals surface area contributed by atoms with E-state index in [0.29, 0.717) is 5.92 Å². The third-order valence-corrected chi connectivity index (χ3v) is 5.42. The van der Waals surface area contributed by atoms with Crippen molar-refractivity contribution < 1.29 is 13.2 Å². The van der Waals surface area contributed by atoms with Gasteiger partial charge in [-0.25, -0.2) is 13.6 Å².